The molecular formula is C30H26Cl2FN3O5. The Morgan fingerprint density at radius 1 is 0.902 bits per heavy atom. The summed E-state index contributed by atoms with van der Waals surface area (Å²) in [4.78, 5) is 0. The first kappa shape index (κ1) is 28.8. The summed E-state index contributed by atoms with van der Waals surface area (Å²) in [6, 6.07) is 21.2. The van der Waals surface area contributed by atoms with E-state index in [0.29, 0.717) is 27.9 Å². The van der Waals surface area contributed by atoms with Crippen LogP contribution < -0.4 is 14.8 Å². The van der Waals surface area contributed by atoms with Gasteiger partial charge in [-0.05, 0) is 51.8 Å². The number of aliphatic hydroxyl groups is 2. The molecule has 8 nitrogen and oxygen atoms in total. The maximum absolute atomic E-state index is 14.8. The van der Waals surface area contributed by atoms with E-state index >= 15 is 0 Å². The van der Waals surface area contributed by atoms with Crippen LogP contribution in [0.15, 0.2) is 77.4 Å². The monoisotopic (exact) mass is 597 g/mol. The molecule has 0 saturated heterocycles. The first-order valence-electron chi connectivity index (χ1n) is 12.7. The largest absolute Gasteiger partial charge is 0.488 e. The molecule has 11 heteroatoms. The molecule has 212 valence electrons. The Hall–Kier alpha value is -3.73. The maximum atomic E-state index is 14.8. The van der Waals surface area contributed by atoms with Gasteiger partial charge in [-0.2, -0.15) is 0 Å². The second kappa shape index (κ2) is 13.3. The average molecular weight is 598 g/mol. The number of ether oxygens (including phenoxy) is 2. The zero-order chi connectivity index (χ0) is 28.8. The molecule has 3 N–H and O–H groups in total. The zero-order valence-corrected chi connectivity index (χ0v) is 23.2. The van der Waals surface area contributed by atoms with Gasteiger partial charge in [-0.1, -0.05) is 59.6 Å². The second-order valence-electron chi connectivity index (χ2n) is 9.28. The van der Waals surface area contributed by atoms with Crippen LogP contribution >= 0.6 is 23.2 Å². The molecule has 0 radical (unpaired) electrons. The van der Waals surface area contributed by atoms with Gasteiger partial charge in [-0.25, -0.2) is 9.02 Å². The molecule has 41 heavy (non-hydrogen) atoms. The van der Waals surface area contributed by atoms with Crippen molar-refractivity contribution in [2.75, 3.05) is 13.2 Å². The lowest BCUT2D eigenvalue weighted by atomic mass is 10.0. The molecule has 0 saturated carbocycles. The SMILES string of the molecule is OCC(O)CNCc1cc(Cl)c(OCc2c(F)ccc(-c3ccccc3)c2Cl)cc1OCc1ccc2nonc2c1. The van der Waals surface area contributed by atoms with Crippen LogP contribution in [-0.4, -0.2) is 39.8 Å². The lowest BCUT2D eigenvalue weighted by Gasteiger charge is -2.17. The molecule has 1 unspecified atom stereocenters. The minimum atomic E-state index is -0.911. The number of aromatic nitrogens is 2. The van der Waals surface area contributed by atoms with Crippen molar-refractivity contribution in [1.29, 1.82) is 0 Å². The van der Waals surface area contributed by atoms with Crippen molar-refractivity contribution < 1.29 is 28.7 Å². The molecule has 1 heterocycles. The van der Waals surface area contributed by atoms with Crippen molar-refractivity contribution >= 4 is 34.2 Å². The third kappa shape index (κ3) is 6.95. The van der Waals surface area contributed by atoms with Crippen LogP contribution in [0.5, 0.6) is 11.5 Å². The molecule has 4 aromatic carbocycles. The van der Waals surface area contributed by atoms with Crippen molar-refractivity contribution in [2.45, 2.75) is 25.9 Å². The quantitative estimate of drug-likeness (QED) is 0.162. The molecule has 0 bridgehead atoms. The first-order chi connectivity index (χ1) is 19.9. The number of hydrogen-bond acceptors (Lipinski definition) is 8. The highest BCUT2D eigenvalue weighted by Crippen LogP contribution is 2.36. The number of benzene rings is 4. The van der Waals surface area contributed by atoms with E-state index in [1.165, 1.54) is 6.07 Å². The van der Waals surface area contributed by atoms with Crippen LogP contribution in [-0.2, 0) is 19.8 Å². The van der Waals surface area contributed by atoms with Gasteiger partial charge >= 0.3 is 0 Å². The van der Waals surface area contributed by atoms with E-state index < -0.39 is 11.9 Å². The number of nitrogens with one attached hydrogen (secondary N) is 1. The molecule has 0 amide bonds. The smallest absolute Gasteiger partial charge is 0.142 e. The summed E-state index contributed by atoms with van der Waals surface area (Å²) in [5, 5.41) is 30.1. The van der Waals surface area contributed by atoms with E-state index in [9.17, 15) is 9.50 Å². The van der Waals surface area contributed by atoms with Gasteiger partial charge in [-0.15, -0.1) is 0 Å². The Morgan fingerprint density at radius 2 is 1.68 bits per heavy atom. The third-order valence-electron chi connectivity index (χ3n) is 6.38. The molecule has 0 fully saturated rings. The predicted molar refractivity (Wildman–Crippen MR) is 154 cm³/mol. The minimum Gasteiger partial charge on any atom is -0.488 e. The third-order valence-corrected chi connectivity index (χ3v) is 7.10. The van der Waals surface area contributed by atoms with E-state index in [-0.39, 0.29) is 54.3 Å². The molecule has 1 atom stereocenters. The number of nitrogens with zero attached hydrogens (tertiary/aromatic N) is 2. The number of hydrogen-bond donors (Lipinski definition) is 3. The first-order valence-corrected chi connectivity index (χ1v) is 13.5. The summed E-state index contributed by atoms with van der Waals surface area (Å²) in [6.45, 7) is 0.111. The molecule has 0 aliphatic carbocycles. The lowest BCUT2D eigenvalue weighted by molar-refractivity contribution is 0.0941. The minimum absolute atomic E-state index is 0.164. The van der Waals surface area contributed by atoms with Crippen LogP contribution in [0.3, 0.4) is 0 Å². The fraction of sp³-hybridized carbons (Fsp3) is 0.200. The highest BCUT2D eigenvalue weighted by molar-refractivity contribution is 6.34. The summed E-state index contributed by atoms with van der Waals surface area (Å²) >= 11 is 13.2. The Kier molecular flexibility index (Phi) is 9.33. The van der Waals surface area contributed by atoms with Crippen LogP contribution in [0.25, 0.3) is 22.2 Å². The van der Waals surface area contributed by atoms with Gasteiger partial charge < -0.3 is 25.0 Å². The van der Waals surface area contributed by atoms with Gasteiger partial charge in [0.1, 0.15) is 41.6 Å². The molecule has 5 rings (SSSR count). The molecule has 5 aromatic rings. The molecule has 1 aromatic heterocycles. The van der Waals surface area contributed by atoms with E-state index in [0.717, 1.165) is 11.1 Å². The molecule has 0 spiro atoms. The Balaban J connectivity index is 1.38. The lowest BCUT2D eigenvalue weighted by Crippen LogP contribution is -2.29. The molecule has 0 aliphatic rings. The van der Waals surface area contributed by atoms with Crippen LogP contribution in [0, 0.1) is 5.82 Å². The number of rotatable bonds is 12. The summed E-state index contributed by atoms with van der Waals surface area (Å²) in [5.41, 5.74) is 4.49. The van der Waals surface area contributed by atoms with Gasteiger partial charge in [0.25, 0.3) is 0 Å². The van der Waals surface area contributed by atoms with Gasteiger partial charge in [0.2, 0.25) is 0 Å². The normalized spacial score (nSPS) is 12.0. The highest BCUT2D eigenvalue weighted by atomic mass is 35.5. The van der Waals surface area contributed by atoms with Crippen LogP contribution in [0.2, 0.25) is 10.0 Å². The van der Waals surface area contributed by atoms with Gasteiger partial charge in [0.15, 0.2) is 0 Å². The fourth-order valence-corrected chi connectivity index (χ4v) is 4.75. The van der Waals surface area contributed by atoms with Crippen molar-refractivity contribution in [2.24, 2.45) is 0 Å². The van der Waals surface area contributed by atoms with E-state index in [1.807, 2.05) is 36.4 Å². The van der Waals surface area contributed by atoms with Gasteiger partial charge in [0.05, 0.1) is 22.8 Å². The van der Waals surface area contributed by atoms with E-state index in [2.05, 4.69) is 15.6 Å². The standard InChI is InChI=1S/C30H26Cl2FN3O5/c31-24-11-20(13-34-14-21(38)15-37)28(39-16-18-6-9-26-27(10-18)36-41-35-26)12-29(24)40-17-23-25(33)8-7-22(30(23)32)19-4-2-1-3-5-19/h1-12,21,34,37-38H,13-17H2. The molecule has 0 aliphatic heterocycles. The van der Waals surface area contributed by atoms with Crippen molar-refractivity contribution in [3.8, 4) is 22.6 Å². The van der Waals surface area contributed by atoms with E-state index in [1.54, 1.807) is 30.3 Å². The van der Waals surface area contributed by atoms with Crippen molar-refractivity contribution in [3.05, 3.63) is 105 Å². The number of aliphatic hydroxyl groups excluding tert-OH is 2. The zero-order valence-electron chi connectivity index (χ0n) is 21.7. The summed E-state index contributed by atoms with van der Waals surface area (Å²) in [6.07, 6.45) is -0.911. The van der Waals surface area contributed by atoms with Crippen LogP contribution in [0.4, 0.5) is 4.39 Å². The fourth-order valence-electron chi connectivity index (χ4n) is 4.20. The highest BCUT2D eigenvalue weighted by Gasteiger charge is 2.17. The van der Waals surface area contributed by atoms with Crippen molar-refractivity contribution in [3.63, 3.8) is 0 Å². The van der Waals surface area contributed by atoms with Gasteiger partial charge in [0, 0.05) is 35.8 Å². The Labute approximate surface area is 245 Å². The molecular weight excluding hydrogens is 572 g/mol. The summed E-state index contributed by atoms with van der Waals surface area (Å²) < 4.78 is 31.7. The summed E-state index contributed by atoms with van der Waals surface area (Å²) in [5.74, 6) is 0.235. The maximum Gasteiger partial charge on any atom is 0.142 e. The number of fused-ring (bicyclic) bond motifs is 1. The van der Waals surface area contributed by atoms with E-state index in [4.69, 9.17) is 42.4 Å². The van der Waals surface area contributed by atoms with Crippen LogP contribution in [0.1, 0.15) is 16.7 Å². The Morgan fingerprint density at radius 3 is 2.49 bits per heavy atom. The van der Waals surface area contributed by atoms with Crippen molar-refractivity contribution in [1.82, 2.24) is 15.6 Å². The average Bonchev–Trinajstić information content (AvgIpc) is 3.45. The topological polar surface area (TPSA) is 110 Å². The predicted octanol–water partition coefficient (Wildman–Crippen LogP) is 5.94. The second-order valence-corrected chi connectivity index (χ2v) is 10.1. The number of halogens is 3. The van der Waals surface area contributed by atoms with Gasteiger partial charge in [-0.3, -0.25) is 0 Å². The summed E-state index contributed by atoms with van der Waals surface area (Å²) in [7, 11) is 0. The Bertz CT molecular complexity index is 1630.